The highest BCUT2D eigenvalue weighted by Gasteiger charge is 2.42. The van der Waals surface area contributed by atoms with Crippen LogP contribution in [0, 0.1) is 11.8 Å². The summed E-state index contributed by atoms with van der Waals surface area (Å²) in [6.07, 6.45) is 2.89. The Balaban J connectivity index is 1.79. The molecule has 0 spiro atoms. The maximum absolute atomic E-state index is 11.2. The van der Waals surface area contributed by atoms with Crippen LogP contribution < -0.4 is 10.6 Å². The lowest BCUT2D eigenvalue weighted by molar-refractivity contribution is -0.120. The van der Waals surface area contributed by atoms with E-state index in [1.54, 1.807) is 7.05 Å². The summed E-state index contributed by atoms with van der Waals surface area (Å²) in [6.45, 7) is 6.97. The monoisotopic (exact) mass is 239 g/mol. The first-order valence-corrected chi connectivity index (χ1v) is 6.91. The van der Waals surface area contributed by atoms with Gasteiger partial charge < -0.3 is 10.6 Å². The molecule has 2 aliphatic rings. The molecule has 1 amide bonds. The largest absolute Gasteiger partial charge is 0.359 e. The van der Waals surface area contributed by atoms with Gasteiger partial charge in [-0.25, -0.2) is 0 Å². The van der Waals surface area contributed by atoms with Crippen LogP contribution in [-0.4, -0.2) is 50.1 Å². The molecule has 3 atom stereocenters. The Morgan fingerprint density at radius 3 is 3.00 bits per heavy atom. The van der Waals surface area contributed by atoms with Gasteiger partial charge in [-0.15, -0.1) is 0 Å². The average molecular weight is 239 g/mol. The Bertz CT molecular complexity index is 269. The summed E-state index contributed by atoms with van der Waals surface area (Å²) >= 11 is 0. The van der Waals surface area contributed by atoms with Crippen LogP contribution in [0.25, 0.3) is 0 Å². The van der Waals surface area contributed by atoms with Crippen LogP contribution in [-0.2, 0) is 4.79 Å². The predicted octanol–water partition coefficient (Wildman–Crippen LogP) is 0.442. The van der Waals surface area contributed by atoms with E-state index in [1.807, 2.05) is 0 Å². The molecular formula is C13H25N3O. The second-order valence-electron chi connectivity index (χ2n) is 5.33. The van der Waals surface area contributed by atoms with Crippen LogP contribution in [0.5, 0.6) is 0 Å². The number of fused-ring (bicyclic) bond motifs is 1. The summed E-state index contributed by atoms with van der Waals surface area (Å²) in [6, 6.07) is 0.736. The molecule has 2 saturated heterocycles. The van der Waals surface area contributed by atoms with Crippen molar-refractivity contribution >= 4 is 5.91 Å². The lowest BCUT2D eigenvalue weighted by Gasteiger charge is -2.26. The summed E-state index contributed by atoms with van der Waals surface area (Å²) in [7, 11) is 1.71. The van der Waals surface area contributed by atoms with Crippen LogP contribution in [0.2, 0.25) is 0 Å². The van der Waals surface area contributed by atoms with E-state index in [9.17, 15) is 4.79 Å². The summed E-state index contributed by atoms with van der Waals surface area (Å²) in [5, 5.41) is 6.19. The molecule has 0 aromatic rings. The molecule has 0 aromatic carbocycles. The molecule has 0 saturated carbocycles. The van der Waals surface area contributed by atoms with Crippen LogP contribution in [0.1, 0.15) is 26.2 Å². The first-order chi connectivity index (χ1) is 8.26. The summed E-state index contributed by atoms with van der Waals surface area (Å²) in [5.74, 6) is 1.86. The van der Waals surface area contributed by atoms with E-state index in [1.165, 1.54) is 26.1 Å². The van der Waals surface area contributed by atoms with Crippen molar-refractivity contribution in [3.05, 3.63) is 0 Å². The van der Waals surface area contributed by atoms with Crippen molar-refractivity contribution in [1.82, 2.24) is 15.5 Å². The minimum Gasteiger partial charge on any atom is -0.359 e. The molecule has 0 radical (unpaired) electrons. The van der Waals surface area contributed by atoms with Crippen molar-refractivity contribution in [1.29, 1.82) is 0 Å². The van der Waals surface area contributed by atoms with Crippen molar-refractivity contribution in [2.75, 3.05) is 33.2 Å². The predicted molar refractivity (Wildman–Crippen MR) is 68.8 cm³/mol. The van der Waals surface area contributed by atoms with Gasteiger partial charge in [0, 0.05) is 26.1 Å². The van der Waals surface area contributed by atoms with Gasteiger partial charge in [-0.05, 0) is 44.3 Å². The quantitative estimate of drug-likeness (QED) is 0.732. The fourth-order valence-electron chi connectivity index (χ4n) is 3.50. The number of likely N-dealkylation sites (tertiary alicyclic amines) is 1. The van der Waals surface area contributed by atoms with Gasteiger partial charge in [-0.1, -0.05) is 6.92 Å². The molecule has 0 bridgehead atoms. The van der Waals surface area contributed by atoms with Crippen molar-refractivity contribution < 1.29 is 4.79 Å². The van der Waals surface area contributed by atoms with Gasteiger partial charge in [0.15, 0.2) is 0 Å². The van der Waals surface area contributed by atoms with Crippen LogP contribution in [0.3, 0.4) is 0 Å². The van der Waals surface area contributed by atoms with E-state index in [2.05, 4.69) is 22.5 Å². The number of carbonyl (C=O) groups excluding carboxylic acids is 1. The third-order valence-electron chi connectivity index (χ3n) is 4.37. The standard InChI is InChI=1S/C13H25N3O/c1-3-12-11-8-15-7-10(11)9-16(12)6-4-5-13(17)14-2/h10-12,15H,3-9H2,1-2H3,(H,14,17). The van der Waals surface area contributed by atoms with E-state index in [0.717, 1.165) is 30.8 Å². The minimum absolute atomic E-state index is 0.166. The van der Waals surface area contributed by atoms with E-state index in [0.29, 0.717) is 6.42 Å². The lowest BCUT2D eigenvalue weighted by Crippen LogP contribution is -2.36. The van der Waals surface area contributed by atoms with Gasteiger partial charge in [0.1, 0.15) is 0 Å². The molecule has 2 aliphatic heterocycles. The van der Waals surface area contributed by atoms with Gasteiger partial charge in [0.2, 0.25) is 5.91 Å². The third-order valence-corrected chi connectivity index (χ3v) is 4.37. The van der Waals surface area contributed by atoms with Gasteiger partial charge in [0.05, 0.1) is 0 Å². The number of nitrogens with zero attached hydrogens (tertiary/aromatic N) is 1. The molecule has 2 rings (SSSR count). The van der Waals surface area contributed by atoms with Crippen molar-refractivity contribution in [3.63, 3.8) is 0 Å². The number of rotatable bonds is 5. The molecule has 0 aromatic heterocycles. The maximum atomic E-state index is 11.2. The zero-order valence-corrected chi connectivity index (χ0v) is 11.0. The Labute approximate surface area is 104 Å². The van der Waals surface area contributed by atoms with Gasteiger partial charge in [-0.3, -0.25) is 9.69 Å². The SMILES string of the molecule is CCC1C2CNCC2CN1CCCC(=O)NC. The number of carbonyl (C=O) groups is 1. The molecule has 2 fully saturated rings. The molecule has 17 heavy (non-hydrogen) atoms. The number of hydrogen-bond acceptors (Lipinski definition) is 3. The Morgan fingerprint density at radius 2 is 2.29 bits per heavy atom. The molecule has 2 N–H and O–H groups in total. The highest BCUT2D eigenvalue weighted by molar-refractivity contribution is 5.75. The first kappa shape index (κ1) is 12.8. The normalized spacial score (nSPS) is 32.7. The van der Waals surface area contributed by atoms with Crippen LogP contribution in [0.15, 0.2) is 0 Å². The summed E-state index contributed by atoms with van der Waals surface area (Å²) < 4.78 is 0. The number of hydrogen-bond donors (Lipinski definition) is 2. The number of nitrogens with one attached hydrogen (secondary N) is 2. The average Bonchev–Trinajstić information content (AvgIpc) is 2.88. The first-order valence-electron chi connectivity index (χ1n) is 6.91. The summed E-state index contributed by atoms with van der Waals surface area (Å²) in [5.41, 5.74) is 0. The van der Waals surface area contributed by atoms with Crippen LogP contribution >= 0.6 is 0 Å². The topological polar surface area (TPSA) is 44.4 Å². The van der Waals surface area contributed by atoms with Crippen molar-refractivity contribution in [3.8, 4) is 0 Å². The molecule has 2 heterocycles. The van der Waals surface area contributed by atoms with Crippen molar-refractivity contribution in [2.24, 2.45) is 11.8 Å². The van der Waals surface area contributed by atoms with Gasteiger partial charge in [-0.2, -0.15) is 0 Å². The maximum Gasteiger partial charge on any atom is 0.219 e. The molecule has 0 aliphatic carbocycles. The van der Waals surface area contributed by atoms with Gasteiger partial charge in [0.25, 0.3) is 0 Å². The van der Waals surface area contributed by atoms with E-state index in [-0.39, 0.29) is 5.91 Å². The molecule has 3 unspecified atom stereocenters. The Kier molecular flexibility index (Phi) is 4.40. The minimum atomic E-state index is 0.166. The third kappa shape index (κ3) is 2.80. The van der Waals surface area contributed by atoms with Crippen LogP contribution in [0.4, 0.5) is 0 Å². The van der Waals surface area contributed by atoms with E-state index in [4.69, 9.17) is 0 Å². The fraction of sp³-hybridized carbons (Fsp3) is 0.923. The second kappa shape index (κ2) is 5.83. The Hall–Kier alpha value is -0.610. The lowest BCUT2D eigenvalue weighted by atomic mass is 9.93. The van der Waals surface area contributed by atoms with E-state index >= 15 is 0 Å². The van der Waals surface area contributed by atoms with E-state index < -0.39 is 0 Å². The molecular weight excluding hydrogens is 214 g/mol. The fourth-order valence-corrected chi connectivity index (χ4v) is 3.50. The molecule has 4 heteroatoms. The second-order valence-corrected chi connectivity index (χ2v) is 5.33. The molecule has 4 nitrogen and oxygen atoms in total. The smallest absolute Gasteiger partial charge is 0.219 e. The van der Waals surface area contributed by atoms with Gasteiger partial charge >= 0.3 is 0 Å². The Morgan fingerprint density at radius 1 is 1.47 bits per heavy atom. The number of amides is 1. The summed E-state index contributed by atoms with van der Waals surface area (Å²) in [4.78, 5) is 13.8. The highest BCUT2D eigenvalue weighted by Crippen LogP contribution is 2.34. The van der Waals surface area contributed by atoms with Crippen molar-refractivity contribution in [2.45, 2.75) is 32.2 Å². The highest BCUT2D eigenvalue weighted by atomic mass is 16.1. The zero-order valence-electron chi connectivity index (χ0n) is 11.0. The zero-order chi connectivity index (χ0) is 12.3. The molecule has 98 valence electrons.